The Hall–Kier alpha value is -2.93. The molecule has 3 rings (SSSR count). The molecule has 7 heteroatoms. The van der Waals surface area contributed by atoms with E-state index in [0.29, 0.717) is 30.4 Å². The summed E-state index contributed by atoms with van der Waals surface area (Å²) >= 11 is 0. The van der Waals surface area contributed by atoms with Gasteiger partial charge in [-0.3, -0.25) is 14.5 Å². The molecule has 2 atom stereocenters. The largest absolute Gasteiger partial charge is 0.469 e. The summed E-state index contributed by atoms with van der Waals surface area (Å²) < 4.78 is 4.96. The Bertz CT molecular complexity index is 919. The van der Waals surface area contributed by atoms with E-state index in [4.69, 9.17) is 4.74 Å². The Morgan fingerprint density at radius 2 is 1.91 bits per heavy atom. The minimum absolute atomic E-state index is 0.0591. The van der Waals surface area contributed by atoms with E-state index in [0.717, 1.165) is 19.5 Å². The summed E-state index contributed by atoms with van der Waals surface area (Å²) in [6.07, 6.45) is 2.94. The van der Waals surface area contributed by atoms with Crippen LogP contribution in [-0.4, -0.2) is 65.5 Å². The number of hydrogen-bond donors (Lipinski definition) is 1. The number of methoxy groups -OCH3 is 1. The van der Waals surface area contributed by atoms with Gasteiger partial charge in [0.2, 0.25) is 0 Å². The number of pyridine rings is 1. The number of nitrogens with one attached hydrogen (secondary N) is 1. The lowest BCUT2D eigenvalue weighted by Gasteiger charge is -2.45. The molecule has 1 aliphatic rings. The summed E-state index contributed by atoms with van der Waals surface area (Å²) in [5, 5.41) is 3.33. The van der Waals surface area contributed by atoms with Gasteiger partial charge in [-0.25, -0.2) is 4.98 Å². The third-order valence-electron chi connectivity index (χ3n) is 6.13. The maximum Gasteiger partial charge on any atom is 0.307 e. The topological polar surface area (TPSA) is 74.8 Å². The minimum Gasteiger partial charge on any atom is -0.469 e. The number of anilines is 1. The smallest absolute Gasteiger partial charge is 0.307 e. The number of rotatable bonds is 9. The molecule has 0 spiro atoms. The van der Waals surface area contributed by atoms with E-state index in [1.54, 1.807) is 12.3 Å². The Labute approximate surface area is 197 Å². The lowest BCUT2D eigenvalue weighted by Crippen LogP contribution is -2.59. The molecule has 178 valence electrons. The van der Waals surface area contributed by atoms with Gasteiger partial charge in [0.25, 0.3) is 5.91 Å². The highest BCUT2D eigenvalue weighted by atomic mass is 16.5. The number of carbonyl (C=O) groups excluding carboxylic acids is 2. The van der Waals surface area contributed by atoms with Crippen molar-refractivity contribution in [2.75, 3.05) is 32.1 Å². The van der Waals surface area contributed by atoms with Gasteiger partial charge in [0.05, 0.1) is 19.1 Å². The summed E-state index contributed by atoms with van der Waals surface area (Å²) in [5.74, 6) is 0.859. The van der Waals surface area contributed by atoms with Crippen LogP contribution in [0, 0.1) is 5.92 Å². The third kappa shape index (κ3) is 6.78. The molecule has 1 aromatic heterocycles. The molecule has 0 aliphatic carbocycles. The van der Waals surface area contributed by atoms with Crippen LogP contribution in [0.25, 0.3) is 0 Å². The average molecular weight is 453 g/mol. The molecule has 1 amide bonds. The van der Waals surface area contributed by atoms with Crippen molar-refractivity contribution in [3.8, 4) is 0 Å². The van der Waals surface area contributed by atoms with Gasteiger partial charge in [-0.2, -0.15) is 0 Å². The molecule has 7 nitrogen and oxygen atoms in total. The van der Waals surface area contributed by atoms with Crippen LogP contribution in [0.4, 0.5) is 5.82 Å². The highest BCUT2D eigenvalue weighted by Gasteiger charge is 2.36. The molecule has 1 aliphatic heterocycles. The second kappa shape index (κ2) is 11.8. The summed E-state index contributed by atoms with van der Waals surface area (Å²) in [4.78, 5) is 34.3. The van der Waals surface area contributed by atoms with Gasteiger partial charge < -0.3 is 15.0 Å². The lowest BCUT2D eigenvalue weighted by molar-refractivity contribution is -0.143. The third-order valence-corrected chi connectivity index (χ3v) is 6.13. The fraction of sp³-hybridized carbons (Fsp3) is 0.500. The highest BCUT2D eigenvalue weighted by Crippen LogP contribution is 2.24. The first-order valence-corrected chi connectivity index (χ1v) is 11.7. The molecule has 33 heavy (non-hydrogen) atoms. The summed E-state index contributed by atoms with van der Waals surface area (Å²) in [6, 6.07) is 13.8. The van der Waals surface area contributed by atoms with E-state index < -0.39 is 0 Å². The SMILES string of the molecule is COC(=O)C[C@H]1CN(C(=O)c2cccnc2NCCC(C)C)C[C@@H](C)N1Cc1ccccc1. The molecule has 2 heterocycles. The van der Waals surface area contributed by atoms with Crippen molar-refractivity contribution in [3.05, 3.63) is 59.8 Å². The Balaban J connectivity index is 1.78. The molecular formula is C26H36N4O3. The fourth-order valence-electron chi connectivity index (χ4n) is 4.29. The van der Waals surface area contributed by atoms with Gasteiger partial charge in [0.15, 0.2) is 0 Å². The monoisotopic (exact) mass is 452 g/mol. The molecule has 0 radical (unpaired) electrons. The Morgan fingerprint density at radius 1 is 1.15 bits per heavy atom. The number of nitrogens with zero attached hydrogens (tertiary/aromatic N) is 3. The Morgan fingerprint density at radius 3 is 2.61 bits per heavy atom. The first-order valence-electron chi connectivity index (χ1n) is 11.7. The van der Waals surface area contributed by atoms with Crippen molar-refractivity contribution in [1.29, 1.82) is 0 Å². The van der Waals surface area contributed by atoms with Crippen molar-refractivity contribution >= 4 is 17.7 Å². The maximum absolute atomic E-state index is 13.5. The van der Waals surface area contributed by atoms with Crippen LogP contribution in [0.2, 0.25) is 0 Å². The van der Waals surface area contributed by atoms with Crippen molar-refractivity contribution in [2.45, 2.75) is 52.2 Å². The fourth-order valence-corrected chi connectivity index (χ4v) is 4.29. The number of ether oxygens (including phenoxy) is 1. The average Bonchev–Trinajstić information content (AvgIpc) is 2.81. The zero-order valence-electron chi connectivity index (χ0n) is 20.2. The number of carbonyl (C=O) groups is 2. The van der Waals surface area contributed by atoms with Crippen LogP contribution >= 0.6 is 0 Å². The summed E-state index contributed by atoms with van der Waals surface area (Å²) in [6.45, 7) is 8.99. The quantitative estimate of drug-likeness (QED) is 0.583. The molecule has 0 unspecified atom stereocenters. The summed E-state index contributed by atoms with van der Waals surface area (Å²) in [7, 11) is 1.41. The van der Waals surface area contributed by atoms with E-state index in [-0.39, 0.29) is 30.4 Å². The van der Waals surface area contributed by atoms with Crippen molar-refractivity contribution in [3.63, 3.8) is 0 Å². The summed E-state index contributed by atoms with van der Waals surface area (Å²) in [5.41, 5.74) is 1.75. The van der Waals surface area contributed by atoms with Gasteiger partial charge in [-0.05, 0) is 37.0 Å². The van der Waals surface area contributed by atoms with E-state index >= 15 is 0 Å². The number of amides is 1. The van der Waals surface area contributed by atoms with Gasteiger partial charge in [-0.1, -0.05) is 44.2 Å². The zero-order valence-corrected chi connectivity index (χ0v) is 20.2. The molecule has 0 bridgehead atoms. The van der Waals surface area contributed by atoms with Gasteiger partial charge in [0.1, 0.15) is 5.82 Å². The number of hydrogen-bond acceptors (Lipinski definition) is 6. The second-order valence-electron chi connectivity index (χ2n) is 9.16. The van der Waals surface area contributed by atoms with Crippen LogP contribution in [0.1, 0.15) is 49.5 Å². The van der Waals surface area contributed by atoms with E-state index in [2.05, 4.69) is 48.1 Å². The standard InChI is InChI=1S/C26H36N4O3/c1-19(2)12-14-28-25-23(11-8-13-27-25)26(32)29-16-20(3)30(17-21-9-6-5-7-10-21)22(18-29)15-24(31)33-4/h5-11,13,19-20,22H,12,14-18H2,1-4H3,(H,27,28)/t20-,22+/m1/s1. The molecule has 2 aromatic rings. The van der Waals surface area contributed by atoms with Gasteiger partial charge in [-0.15, -0.1) is 0 Å². The van der Waals surface area contributed by atoms with Crippen LogP contribution in [0.15, 0.2) is 48.7 Å². The first-order chi connectivity index (χ1) is 15.9. The predicted molar refractivity (Wildman–Crippen MR) is 130 cm³/mol. The van der Waals surface area contributed by atoms with Crippen molar-refractivity contribution < 1.29 is 14.3 Å². The predicted octanol–water partition coefficient (Wildman–Crippen LogP) is 3.82. The maximum atomic E-state index is 13.5. The second-order valence-corrected chi connectivity index (χ2v) is 9.16. The van der Waals surface area contributed by atoms with E-state index in [1.165, 1.54) is 12.7 Å². The highest BCUT2D eigenvalue weighted by molar-refractivity contribution is 5.98. The first kappa shape index (κ1) is 24.7. The van der Waals surface area contributed by atoms with Crippen molar-refractivity contribution in [1.82, 2.24) is 14.8 Å². The van der Waals surface area contributed by atoms with E-state index in [1.807, 2.05) is 29.2 Å². The number of esters is 1. The molecule has 1 aromatic carbocycles. The van der Waals surface area contributed by atoms with E-state index in [9.17, 15) is 9.59 Å². The number of benzene rings is 1. The van der Waals surface area contributed by atoms with Crippen LogP contribution in [0.3, 0.4) is 0 Å². The minimum atomic E-state index is -0.267. The van der Waals surface area contributed by atoms with Crippen LogP contribution in [0.5, 0.6) is 0 Å². The molecule has 0 saturated carbocycles. The van der Waals surface area contributed by atoms with Gasteiger partial charge >= 0.3 is 5.97 Å². The van der Waals surface area contributed by atoms with Crippen molar-refractivity contribution in [2.24, 2.45) is 5.92 Å². The normalized spacial score (nSPS) is 18.9. The lowest BCUT2D eigenvalue weighted by atomic mass is 10.0. The van der Waals surface area contributed by atoms with Crippen LogP contribution < -0.4 is 5.32 Å². The number of aromatic nitrogens is 1. The zero-order chi connectivity index (χ0) is 23.8. The molecule has 1 saturated heterocycles. The molecular weight excluding hydrogens is 416 g/mol. The van der Waals surface area contributed by atoms with Crippen LogP contribution in [-0.2, 0) is 16.1 Å². The van der Waals surface area contributed by atoms with Gasteiger partial charge in [0, 0.05) is 44.5 Å². The molecule has 1 N–H and O–H groups in total. The molecule has 1 fully saturated rings. The number of piperazine rings is 1. The Kier molecular flexibility index (Phi) is 8.83.